The van der Waals surface area contributed by atoms with E-state index in [1.54, 1.807) is 30.3 Å². The molecule has 6 heteroatoms. The Morgan fingerprint density at radius 3 is 2.24 bits per heavy atom. The van der Waals surface area contributed by atoms with Crippen LogP contribution in [-0.2, 0) is 6.18 Å². The van der Waals surface area contributed by atoms with E-state index in [1.165, 1.54) is 6.92 Å². The van der Waals surface area contributed by atoms with E-state index in [1.807, 2.05) is 0 Å². The highest BCUT2D eigenvalue weighted by Crippen LogP contribution is 2.36. The molecule has 0 spiro atoms. The Kier molecular flexibility index (Phi) is 2.57. The molecule has 1 aromatic carbocycles. The van der Waals surface area contributed by atoms with E-state index < -0.39 is 11.7 Å². The molecule has 0 saturated heterocycles. The van der Waals surface area contributed by atoms with Crippen LogP contribution in [0.3, 0.4) is 0 Å². The van der Waals surface area contributed by atoms with Crippen LogP contribution in [0.1, 0.15) is 11.3 Å². The van der Waals surface area contributed by atoms with Crippen LogP contribution in [0.4, 0.5) is 19.0 Å². The van der Waals surface area contributed by atoms with Gasteiger partial charge in [-0.05, 0) is 19.1 Å². The number of nitrogens with zero attached hydrogens (tertiary/aromatic N) is 2. The third kappa shape index (κ3) is 1.98. The van der Waals surface area contributed by atoms with E-state index in [-0.39, 0.29) is 11.5 Å². The maximum Gasteiger partial charge on any atom is 0.421 e. The lowest BCUT2D eigenvalue weighted by Crippen LogP contribution is -2.10. The molecule has 0 bridgehead atoms. The summed E-state index contributed by atoms with van der Waals surface area (Å²) in [5, 5.41) is 3.82. The Labute approximate surface area is 95.7 Å². The normalized spacial score (nSPS) is 11.8. The smallest absolute Gasteiger partial charge is 0.383 e. The zero-order valence-corrected chi connectivity index (χ0v) is 8.99. The van der Waals surface area contributed by atoms with Crippen LogP contribution in [0.15, 0.2) is 30.3 Å². The molecule has 0 saturated carbocycles. The Balaban J connectivity index is 2.60. The van der Waals surface area contributed by atoms with Crippen LogP contribution < -0.4 is 5.73 Å². The first-order valence-electron chi connectivity index (χ1n) is 4.89. The SMILES string of the molecule is Cc1nn(-c2ccccc2)c(N)c1C(F)(F)F. The summed E-state index contributed by atoms with van der Waals surface area (Å²) in [6, 6.07) is 8.46. The zero-order valence-electron chi connectivity index (χ0n) is 8.99. The number of benzene rings is 1. The van der Waals surface area contributed by atoms with Crippen molar-refractivity contribution in [1.29, 1.82) is 0 Å². The number of halogens is 3. The molecule has 0 aliphatic carbocycles. The second kappa shape index (κ2) is 3.80. The second-order valence-corrected chi connectivity index (χ2v) is 3.59. The van der Waals surface area contributed by atoms with Gasteiger partial charge in [-0.1, -0.05) is 18.2 Å². The van der Waals surface area contributed by atoms with Gasteiger partial charge in [-0.15, -0.1) is 0 Å². The van der Waals surface area contributed by atoms with Gasteiger partial charge in [0.2, 0.25) is 0 Å². The maximum absolute atomic E-state index is 12.7. The number of alkyl halides is 3. The minimum Gasteiger partial charge on any atom is -0.383 e. The Morgan fingerprint density at radius 1 is 1.18 bits per heavy atom. The van der Waals surface area contributed by atoms with Crippen LogP contribution in [0.25, 0.3) is 5.69 Å². The first-order valence-corrected chi connectivity index (χ1v) is 4.89. The number of anilines is 1. The van der Waals surface area contributed by atoms with E-state index in [4.69, 9.17) is 5.73 Å². The van der Waals surface area contributed by atoms with Crippen molar-refractivity contribution in [1.82, 2.24) is 9.78 Å². The van der Waals surface area contributed by atoms with Crippen molar-refractivity contribution in [2.75, 3.05) is 5.73 Å². The lowest BCUT2D eigenvalue weighted by molar-refractivity contribution is -0.137. The highest BCUT2D eigenvalue weighted by atomic mass is 19.4. The standard InChI is InChI=1S/C11H10F3N3/c1-7-9(11(12,13)14)10(15)17(16-7)8-5-3-2-4-6-8/h2-6H,15H2,1H3. The molecular weight excluding hydrogens is 231 g/mol. The number of aryl methyl sites for hydroxylation is 1. The van der Waals surface area contributed by atoms with Gasteiger partial charge in [0.1, 0.15) is 11.4 Å². The van der Waals surface area contributed by atoms with Gasteiger partial charge in [0.05, 0.1) is 11.4 Å². The molecule has 90 valence electrons. The molecule has 1 aromatic heterocycles. The molecule has 2 aromatic rings. The summed E-state index contributed by atoms with van der Waals surface area (Å²) in [5.41, 5.74) is 5.01. The van der Waals surface area contributed by atoms with E-state index >= 15 is 0 Å². The molecule has 0 unspecified atom stereocenters. The molecule has 1 heterocycles. The third-order valence-electron chi connectivity index (χ3n) is 2.38. The van der Waals surface area contributed by atoms with E-state index in [0.717, 1.165) is 4.68 Å². The predicted octanol–water partition coefficient (Wildman–Crippen LogP) is 2.78. The van der Waals surface area contributed by atoms with Gasteiger partial charge >= 0.3 is 6.18 Å². The monoisotopic (exact) mass is 241 g/mol. The fourth-order valence-electron chi connectivity index (χ4n) is 1.66. The average Bonchev–Trinajstić information content (AvgIpc) is 2.54. The molecule has 17 heavy (non-hydrogen) atoms. The Bertz CT molecular complexity index is 529. The van der Waals surface area contributed by atoms with E-state index in [0.29, 0.717) is 5.69 Å². The van der Waals surface area contributed by atoms with Crippen LogP contribution in [-0.4, -0.2) is 9.78 Å². The average molecular weight is 241 g/mol. The zero-order chi connectivity index (χ0) is 12.6. The van der Waals surface area contributed by atoms with E-state index in [2.05, 4.69) is 5.10 Å². The highest BCUT2D eigenvalue weighted by molar-refractivity contribution is 5.51. The first-order chi connectivity index (χ1) is 7.91. The van der Waals surface area contributed by atoms with E-state index in [9.17, 15) is 13.2 Å². The summed E-state index contributed by atoms with van der Waals surface area (Å²) in [4.78, 5) is 0. The summed E-state index contributed by atoms with van der Waals surface area (Å²) >= 11 is 0. The number of para-hydroxylation sites is 1. The molecule has 2 rings (SSSR count). The molecule has 0 radical (unpaired) electrons. The summed E-state index contributed by atoms with van der Waals surface area (Å²) < 4.78 is 39.2. The van der Waals surface area contributed by atoms with Crippen LogP contribution >= 0.6 is 0 Å². The third-order valence-corrected chi connectivity index (χ3v) is 2.38. The predicted molar refractivity (Wildman–Crippen MR) is 57.7 cm³/mol. The van der Waals surface area contributed by atoms with Crippen LogP contribution in [0.5, 0.6) is 0 Å². The maximum atomic E-state index is 12.7. The second-order valence-electron chi connectivity index (χ2n) is 3.59. The molecular formula is C11H10F3N3. The minimum atomic E-state index is -4.48. The fraction of sp³-hybridized carbons (Fsp3) is 0.182. The number of nitrogen functional groups attached to an aromatic ring is 1. The topological polar surface area (TPSA) is 43.8 Å². The van der Waals surface area contributed by atoms with Crippen molar-refractivity contribution in [2.24, 2.45) is 0 Å². The number of hydrogen-bond acceptors (Lipinski definition) is 2. The summed E-state index contributed by atoms with van der Waals surface area (Å²) in [6.07, 6.45) is -4.48. The van der Waals surface area contributed by atoms with Gasteiger partial charge in [0.25, 0.3) is 0 Å². The van der Waals surface area contributed by atoms with Crippen molar-refractivity contribution in [3.63, 3.8) is 0 Å². The quantitative estimate of drug-likeness (QED) is 0.834. The lowest BCUT2D eigenvalue weighted by atomic mass is 10.2. The van der Waals surface area contributed by atoms with Crippen molar-refractivity contribution < 1.29 is 13.2 Å². The Morgan fingerprint density at radius 2 is 1.76 bits per heavy atom. The molecule has 0 fully saturated rings. The van der Waals surface area contributed by atoms with Gasteiger partial charge in [-0.3, -0.25) is 0 Å². The number of hydrogen-bond donors (Lipinski definition) is 1. The fourth-order valence-corrected chi connectivity index (χ4v) is 1.66. The Hall–Kier alpha value is -1.98. The van der Waals surface area contributed by atoms with Crippen LogP contribution in [0, 0.1) is 6.92 Å². The van der Waals surface area contributed by atoms with Gasteiger partial charge in [-0.2, -0.15) is 18.3 Å². The first kappa shape index (κ1) is 11.5. The summed E-state index contributed by atoms with van der Waals surface area (Å²) in [7, 11) is 0. The molecule has 0 aliphatic heterocycles. The molecule has 0 amide bonds. The van der Waals surface area contributed by atoms with Gasteiger partial charge in [0.15, 0.2) is 0 Å². The van der Waals surface area contributed by atoms with Gasteiger partial charge in [-0.25, -0.2) is 4.68 Å². The molecule has 0 aliphatic rings. The number of aromatic nitrogens is 2. The number of rotatable bonds is 1. The minimum absolute atomic E-state index is 0.126. The summed E-state index contributed by atoms with van der Waals surface area (Å²) in [6.45, 7) is 1.29. The van der Waals surface area contributed by atoms with Crippen LogP contribution in [0.2, 0.25) is 0 Å². The summed E-state index contributed by atoms with van der Waals surface area (Å²) in [5.74, 6) is -0.388. The largest absolute Gasteiger partial charge is 0.421 e. The van der Waals surface area contributed by atoms with Gasteiger partial charge in [0, 0.05) is 0 Å². The van der Waals surface area contributed by atoms with Crippen molar-refractivity contribution in [3.8, 4) is 5.69 Å². The highest BCUT2D eigenvalue weighted by Gasteiger charge is 2.38. The van der Waals surface area contributed by atoms with Crippen molar-refractivity contribution in [3.05, 3.63) is 41.6 Å². The molecule has 0 atom stereocenters. The lowest BCUT2D eigenvalue weighted by Gasteiger charge is -2.07. The van der Waals surface area contributed by atoms with Gasteiger partial charge < -0.3 is 5.73 Å². The molecule has 2 N–H and O–H groups in total. The van der Waals surface area contributed by atoms with Crippen molar-refractivity contribution >= 4 is 5.82 Å². The number of nitrogens with two attached hydrogens (primary N) is 1. The van der Waals surface area contributed by atoms with Crippen molar-refractivity contribution in [2.45, 2.75) is 13.1 Å². The molecule has 3 nitrogen and oxygen atoms in total.